The van der Waals surface area contributed by atoms with Crippen molar-refractivity contribution in [3.05, 3.63) is 11.6 Å². The van der Waals surface area contributed by atoms with Gasteiger partial charge in [0.2, 0.25) is 17.5 Å². The van der Waals surface area contributed by atoms with E-state index >= 15 is 0 Å². The molecular weight excluding hydrogens is 166 g/mol. The fraction of sp³-hybridized carbons (Fsp3) is 0.556. The molecule has 1 aromatic rings. The molecule has 0 fully saturated rings. The lowest BCUT2D eigenvalue weighted by molar-refractivity contribution is 0.408. The maximum absolute atomic E-state index is 8.60. The fourth-order valence-corrected chi connectivity index (χ4v) is 0.909. The first-order valence-corrected chi connectivity index (χ1v) is 4.22. The maximum Gasteiger partial charge on any atom is 0.229 e. The quantitative estimate of drug-likeness (QED) is 0.752. The Bertz CT molecular complexity index is 335. The molecule has 0 saturated heterocycles. The summed E-state index contributed by atoms with van der Waals surface area (Å²) >= 11 is 0. The molecule has 0 aliphatic heterocycles. The van der Waals surface area contributed by atoms with Crippen LogP contribution in [-0.4, -0.2) is 4.98 Å². The summed E-state index contributed by atoms with van der Waals surface area (Å²) in [5.74, 6) is 1.27. The molecule has 13 heavy (non-hydrogen) atoms. The Labute approximate surface area is 77.4 Å². The highest BCUT2D eigenvalue weighted by Crippen LogP contribution is 2.25. The molecule has 70 valence electrons. The van der Waals surface area contributed by atoms with Crippen LogP contribution in [0.4, 0.5) is 5.88 Å². The zero-order valence-electron chi connectivity index (χ0n) is 8.03. The van der Waals surface area contributed by atoms with Crippen LogP contribution in [0.25, 0.3) is 0 Å². The first kappa shape index (κ1) is 9.59. The van der Waals surface area contributed by atoms with Gasteiger partial charge in [-0.05, 0) is 5.92 Å². The van der Waals surface area contributed by atoms with Gasteiger partial charge in [-0.2, -0.15) is 5.26 Å². The second-order valence-electron chi connectivity index (χ2n) is 3.41. The van der Waals surface area contributed by atoms with Crippen molar-refractivity contribution in [3.8, 4) is 6.07 Å². The number of nitrogens with zero attached hydrogens (tertiary/aromatic N) is 2. The van der Waals surface area contributed by atoms with Crippen LogP contribution >= 0.6 is 0 Å². The summed E-state index contributed by atoms with van der Waals surface area (Å²) in [5.41, 5.74) is 5.62. The van der Waals surface area contributed by atoms with E-state index in [9.17, 15) is 0 Å². The van der Waals surface area contributed by atoms with E-state index < -0.39 is 0 Å². The molecule has 0 radical (unpaired) electrons. The monoisotopic (exact) mass is 179 g/mol. The Kier molecular flexibility index (Phi) is 2.57. The summed E-state index contributed by atoms with van der Waals surface area (Å²) in [4.78, 5) is 4.00. The van der Waals surface area contributed by atoms with Crippen molar-refractivity contribution >= 4 is 5.88 Å². The van der Waals surface area contributed by atoms with E-state index in [-0.39, 0.29) is 17.5 Å². The molecule has 1 heterocycles. The number of anilines is 1. The molecule has 0 saturated carbocycles. The van der Waals surface area contributed by atoms with Gasteiger partial charge in [-0.1, -0.05) is 20.8 Å². The summed E-state index contributed by atoms with van der Waals surface area (Å²) in [6.07, 6.45) is 0. The second-order valence-corrected chi connectivity index (χ2v) is 3.41. The van der Waals surface area contributed by atoms with Crippen LogP contribution in [0, 0.1) is 17.2 Å². The molecule has 2 N–H and O–H groups in total. The second kappa shape index (κ2) is 3.48. The Morgan fingerprint density at radius 2 is 2.08 bits per heavy atom. The van der Waals surface area contributed by atoms with Gasteiger partial charge in [-0.25, -0.2) is 4.98 Å². The standard InChI is InChI=1S/C9H13N3O/c1-5(2)6(3)9-12-7(4-10)8(11)13-9/h5-6H,11H2,1-3H3. The van der Waals surface area contributed by atoms with Crippen LogP contribution in [0.3, 0.4) is 0 Å². The maximum atomic E-state index is 8.60. The minimum atomic E-state index is 0.116. The molecule has 4 nitrogen and oxygen atoms in total. The van der Waals surface area contributed by atoms with Crippen LogP contribution in [0.5, 0.6) is 0 Å². The van der Waals surface area contributed by atoms with Crippen LogP contribution in [-0.2, 0) is 0 Å². The normalized spacial score (nSPS) is 12.8. The summed E-state index contributed by atoms with van der Waals surface area (Å²) < 4.78 is 5.17. The van der Waals surface area contributed by atoms with E-state index in [1.165, 1.54) is 0 Å². The average molecular weight is 179 g/mol. The summed E-state index contributed by atoms with van der Waals surface area (Å²) in [5, 5.41) is 8.60. The molecule has 0 aliphatic rings. The third-order valence-electron chi connectivity index (χ3n) is 2.17. The lowest BCUT2D eigenvalue weighted by atomic mass is 9.98. The third kappa shape index (κ3) is 1.81. The van der Waals surface area contributed by atoms with E-state index in [0.29, 0.717) is 11.8 Å². The number of rotatable bonds is 2. The number of oxazole rings is 1. The topological polar surface area (TPSA) is 75.8 Å². The van der Waals surface area contributed by atoms with Crippen LogP contribution in [0.2, 0.25) is 0 Å². The zero-order valence-corrected chi connectivity index (χ0v) is 8.03. The van der Waals surface area contributed by atoms with Crippen molar-refractivity contribution in [1.82, 2.24) is 4.98 Å². The van der Waals surface area contributed by atoms with E-state index in [0.717, 1.165) is 0 Å². The molecule has 0 aromatic carbocycles. The number of nitriles is 1. The number of hydrogen-bond donors (Lipinski definition) is 1. The molecule has 4 heteroatoms. The Morgan fingerprint density at radius 3 is 2.46 bits per heavy atom. The van der Waals surface area contributed by atoms with Gasteiger partial charge in [-0.15, -0.1) is 0 Å². The van der Waals surface area contributed by atoms with Gasteiger partial charge in [0.25, 0.3) is 0 Å². The van der Waals surface area contributed by atoms with Gasteiger partial charge in [-0.3, -0.25) is 0 Å². The zero-order chi connectivity index (χ0) is 10.0. The highest BCUT2D eigenvalue weighted by Gasteiger charge is 2.18. The molecule has 0 aliphatic carbocycles. The van der Waals surface area contributed by atoms with Gasteiger partial charge in [0, 0.05) is 5.92 Å². The summed E-state index contributed by atoms with van der Waals surface area (Å²) in [7, 11) is 0. The van der Waals surface area contributed by atoms with Crippen LogP contribution in [0.15, 0.2) is 4.42 Å². The van der Waals surface area contributed by atoms with Gasteiger partial charge < -0.3 is 10.2 Å². The van der Waals surface area contributed by atoms with Crippen molar-refractivity contribution in [2.24, 2.45) is 5.92 Å². The van der Waals surface area contributed by atoms with Crippen molar-refractivity contribution in [3.63, 3.8) is 0 Å². The van der Waals surface area contributed by atoms with E-state index in [4.69, 9.17) is 15.4 Å². The molecule has 0 spiro atoms. The first-order valence-electron chi connectivity index (χ1n) is 4.22. The van der Waals surface area contributed by atoms with Gasteiger partial charge in [0.15, 0.2) is 0 Å². The van der Waals surface area contributed by atoms with Crippen LogP contribution < -0.4 is 5.73 Å². The minimum absolute atomic E-state index is 0.116. The van der Waals surface area contributed by atoms with Gasteiger partial charge >= 0.3 is 0 Å². The van der Waals surface area contributed by atoms with Crippen molar-refractivity contribution < 1.29 is 4.42 Å². The third-order valence-corrected chi connectivity index (χ3v) is 2.17. The molecule has 0 bridgehead atoms. The predicted octanol–water partition coefficient (Wildman–Crippen LogP) is 1.89. The largest absolute Gasteiger partial charge is 0.424 e. The smallest absolute Gasteiger partial charge is 0.229 e. The van der Waals surface area contributed by atoms with E-state index in [1.807, 2.05) is 13.0 Å². The SMILES string of the molecule is CC(C)C(C)c1nc(C#N)c(N)o1. The number of nitrogen functional groups attached to an aromatic ring is 1. The Hall–Kier alpha value is -1.50. The number of aromatic nitrogens is 1. The summed E-state index contributed by atoms with van der Waals surface area (Å²) in [6.45, 7) is 6.13. The molecular formula is C9H13N3O. The number of hydrogen-bond acceptors (Lipinski definition) is 4. The minimum Gasteiger partial charge on any atom is -0.424 e. The Balaban J connectivity index is 2.98. The summed E-state index contributed by atoms with van der Waals surface area (Å²) in [6, 6.07) is 1.88. The van der Waals surface area contributed by atoms with Crippen molar-refractivity contribution in [2.45, 2.75) is 26.7 Å². The molecule has 0 amide bonds. The van der Waals surface area contributed by atoms with Crippen LogP contribution in [0.1, 0.15) is 38.3 Å². The molecule has 1 unspecified atom stereocenters. The molecule has 1 rings (SSSR count). The van der Waals surface area contributed by atoms with E-state index in [2.05, 4.69) is 18.8 Å². The average Bonchev–Trinajstić information content (AvgIpc) is 2.45. The van der Waals surface area contributed by atoms with Gasteiger partial charge in [0.1, 0.15) is 6.07 Å². The first-order chi connectivity index (χ1) is 6.06. The predicted molar refractivity (Wildman–Crippen MR) is 48.9 cm³/mol. The number of nitrogens with two attached hydrogens (primary N) is 1. The van der Waals surface area contributed by atoms with Gasteiger partial charge in [0.05, 0.1) is 0 Å². The highest BCUT2D eigenvalue weighted by molar-refractivity contribution is 5.40. The van der Waals surface area contributed by atoms with E-state index in [1.54, 1.807) is 0 Å². The Morgan fingerprint density at radius 1 is 1.46 bits per heavy atom. The molecule has 1 aromatic heterocycles. The van der Waals surface area contributed by atoms with Crippen molar-refractivity contribution in [1.29, 1.82) is 5.26 Å². The molecule has 1 atom stereocenters. The highest BCUT2D eigenvalue weighted by atomic mass is 16.4. The fourth-order valence-electron chi connectivity index (χ4n) is 0.909. The lowest BCUT2D eigenvalue weighted by Gasteiger charge is -2.09. The lowest BCUT2D eigenvalue weighted by Crippen LogP contribution is -2.02. The van der Waals surface area contributed by atoms with Crippen molar-refractivity contribution in [2.75, 3.05) is 5.73 Å².